The molecule has 1 aliphatic carbocycles. The van der Waals surface area contributed by atoms with Gasteiger partial charge in [-0.15, -0.1) is 0 Å². The molecule has 2 unspecified atom stereocenters. The normalized spacial score (nSPS) is 22.1. The van der Waals surface area contributed by atoms with Crippen molar-refractivity contribution in [3.05, 3.63) is 29.8 Å². The van der Waals surface area contributed by atoms with Gasteiger partial charge < -0.3 is 15.0 Å². The highest BCUT2D eigenvalue weighted by molar-refractivity contribution is 5.77. The van der Waals surface area contributed by atoms with Crippen LogP contribution in [0.15, 0.2) is 24.3 Å². The molecule has 2 fully saturated rings. The molecule has 4 heteroatoms. The Morgan fingerprint density at radius 1 is 1.18 bits per heavy atom. The van der Waals surface area contributed by atoms with Gasteiger partial charge in [0, 0.05) is 31.2 Å². The number of amides is 1. The molecule has 1 amide bonds. The summed E-state index contributed by atoms with van der Waals surface area (Å²) in [5.41, 5.74) is 1.14. The van der Waals surface area contributed by atoms with E-state index in [-0.39, 0.29) is 12.5 Å². The van der Waals surface area contributed by atoms with Crippen molar-refractivity contribution in [1.29, 1.82) is 0 Å². The number of hydrogen-bond acceptors (Lipinski definition) is 3. The Labute approximate surface area is 171 Å². The van der Waals surface area contributed by atoms with E-state index in [0.29, 0.717) is 12.0 Å². The standard InChI is InChI=1S/C24H38N2O2/c1-19-9-8-14-26(17-19)24(27)18-28-23-13-7-6-12-22(23)16-25-20(2)15-21-10-4-3-5-11-21/h6-7,12-13,19-21,25H,3-5,8-11,14-18H2,1-2H3. The van der Waals surface area contributed by atoms with Gasteiger partial charge in [-0.2, -0.15) is 0 Å². The first-order valence-corrected chi connectivity index (χ1v) is 11.3. The lowest BCUT2D eigenvalue weighted by atomic mass is 9.85. The van der Waals surface area contributed by atoms with Crippen molar-refractivity contribution in [2.24, 2.45) is 11.8 Å². The fourth-order valence-electron chi connectivity index (χ4n) is 4.73. The first-order valence-electron chi connectivity index (χ1n) is 11.3. The summed E-state index contributed by atoms with van der Waals surface area (Å²) < 4.78 is 5.94. The van der Waals surface area contributed by atoms with Gasteiger partial charge in [-0.1, -0.05) is 57.2 Å². The summed E-state index contributed by atoms with van der Waals surface area (Å²) in [6.07, 6.45) is 10.6. The van der Waals surface area contributed by atoms with E-state index in [9.17, 15) is 4.79 Å². The number of piperidine rings is 1. The molecule has 0 aromatic heterocycles. The molecule has 0 bridgehead atoms. The monoisotopic (exact) mass is 386 g/mol. The van der Waals surface area contributed by atoms with Crippen LogP contribution in [0.4, 0.5) is 0 Å². The highest BCUT2D eigenvalue weighted by atomic mass is 16.5. The van der Waals surface area contributed by atoms with E-state index in [2.05, 4.69) is 25.2 Å². The SMILES string of the molecule is CC1CCCN(C(=O)COc2ccccc2CNC(C)CC2CCCCC2)C1. The number of nitrogens with one attached hydrogen (secondary N) is 1. The summed E-state index contributed by atoms with van der Waals surface area (Å²) in [6.45, 7) is 7.17. The highest BCUT2D eigenvalue weighted by Crippen LogP contribution is 2.27. The van der Waals surface area contributed by atoms with Gasteiger partial charge in [0.1, 0.15) is 5.75 Å². The molecule has 28 heavy (non-hydrogen) atoms. The molecule has 1 aliphatic heterocycles. The van der Waals surface area contributed by atoms with Gasteiger partial charge in [0.05, 0.1) is 0 Å². The number of ether oxygens (including phenoxy) is 1. The summed E-state index contributed by atoms with van der Waals surface area (Å²) in [5, 5.41) is 3.67. The molecule has 1 saturated heterocycles. The summed E-state index contributed by atoms with van der Waals surface area (Å²) in [7, 11) is 0. The smallest absolute Gasteiger partial charge is 0.260 e. The summed E-state index contributed by atoms with van der Waals surface area (Å²) in [6, 6.07) is 8.62. The van der Waals surface area contributed by atoms with E-state index in [4.69, 9.17) is 4.74 Å². The number of carbonyl (C=O) groups excluding carboxylic acids is 1. The first kappa shape index (κ1) is 21.2. The van der Waals surface area contributed by atoms with E-state index >= 15 is 0 Å². The van der Waals surface area contributed by atoms with Crippen LogP contribution in [0.25, 0.3) is 0 Å². The molecule has 1 aromatic rings. The Morgan fingerprint density at radius 2 is 1.96 bits per heavy atom. The predicted molar refractivity (Wildman–Crippen MR) is 114 cm³/mol. The molecule has 0 radical (unpaired) electrons. The number of likely N-dealkylation sites (tertiary alicyclic amines) is 1. The van der Waals surface area contributed by atoms with Gasteiger partial charge in [-0.3, -0.25) is 4.79 Å². The van der Waals surface area contributed by atoms with Crippen LogP contribution >= 0.6 is 0 Å². The molecule has 2 aliphatic rings. The molecule has 1 heterocycles. The lowest BCUT2D eigenvalue weighted by molar-refractivity contribution is -0.135. The molecule has 1 aromatic carbocycles. The van der Waals surface area contributed by atoms with Crippen molar-refractivity contribution in [2.75, 3.05) is 19.7 Å². The quantitative estimate of drug-likeness (QED) is 0.699. The van der Waals surface area contributed by atoms with E-state index in [1.54, 1.807) is 0 Å². The van der Waals surface area contributed by atoms with Gasteiger partial charge in [-0.25, -0.2) is 0 Å². The molecule has 0 spiro atoms. The minimum Gasteiger partial charge on any atom is -0.483 e. The third-order valence-corrected chi connectivity index (χ3v) is 6.39. The fraction of sp³-hybridized carbons (Fsp3) is 0.708. The number of nitrogens with zero attached hydrogens (tertiary/aromatic N) is 1. The summed E-state index contributed by atoms with van der Waals surface area (Å²) in [4.78, 5) is 14.5. The predicted octanol–water partition coefficient (Wildman–Crippen LogP) is 4.77. The van der Waals surface area contributed by atoms with Crippen LogP contribution in [0.1, 0.15) is 70.8 Å². The number of rotatable bonds is 8. The second-order valence-electron chi connectivity index (χ2n) is 9.01. The van der Waals surface area contributed by atoms with E-state index in [1.807, 2.05) is 23.1 Å². The molecular weight excluding hydrogens is 348 g/mol. The zero-order chi connectivity index (χ0) is 19.8. The van der Waals surface area contributed by atoms with Crippen molar-refractivity contribution in [3.63, 3.8) is 0 Å². The Balaban J connectivity index is 1.46. The second-order valence-corrected chi connectivity index (χ2v) is 9.01. The summed E-state index contributed by atoms with van der Waals surface area (Å²) >= 11 is 0. The Bertz CT molecular complexity index is 612. The maximum Gasteiger partial charge on any atom is 0.260 e. The van der Waals surface area contributed by atoms with Crippen molar-refractivity contribution in [1.82, 2.24) is 10.2 Å². The third kappa shape index (κ3) is 6.51. The van der Waals surface area contributed by atoms with Crippen molar-refractivity contribution < 1.29 is 9.53 Å². The average Bonchev–Trinajstić information content (AvgIpc) is 2.72. The number of para-hydroxylation sites is 1. The van der Waals surface area contributed by atoms with Crippen LogP contribution in [-0.4, -0.2) is 36.5 Å². The average molecular weight is 387 g/mol. The molecular formula is C24H38N2O2. The molecule has 1 saturated carbocycles. The van der Waals surface area contributed by atoms with Gasteiger partial charge in [0.2, 0.25) is 0 Å². The van der Waals surface area contributed by atoms with Crippen LogP contribution in [0, 0.1) is 11.8 Å². The van der Waals surface area contributed by atoms with Gasteiger partial charge in [-0.05, 0) is 44.1 Å². The number of benzene rings is 1. The van der Waals surface area contributed by atoms with Gasteiger partial charge in [0.25, 0.3) is 5.91 Å². The van der Waals surface area contributed by atoms with Crippen LogP contribution in [-0.2, 0) is 11.3 Å². The van der Waals surface area contributed by atoms with Gasteiger partial charge >= 0.3 is 0 Å². The molecule has 3 rings (SSSR count). The van der Waals surface area contributed by atoms with Crippen molar-refractivity contribution in [2.45, 2.75) is 77.8 Å². The molecule has 4 nitrogen and oxygen atoms in total. The van der Waals surface area contributed by atoms with E-state index in [0.717, 1.165) is 43.3 Å². The van der Waals surface area contributed by atoms with Gasteiger partial charge in [0.15, 0.2) is 6.61 Å². The van der Waals surface area contributed by atoms with E-state index in [1.165, 1.54) is 44.9 Å². The molecule has 2 atom stereocenters. The fourth-order valence-corrected chi connectivity index (χ4v) is 4.73. The van der Waals surface area contributed by atoms with Crippen LogP contribution in [0.5, 0.6) is 5.75 Å². The Hall–Kier alpha value is -1.55. The summed E-state index contributed by atoms with van der Waals surface area (Å²) in [5.74, 6) is 2.42. The largest absolute Gasteiger partial charge is 0.483 e. The van der Waals surface area contributed by atoms with Crippen LogP contribution < -0.4 is 10.1 Å². The lowest BCUT2D eigenvalue weighted by Crippen LogP contribution is -2.41. The van der Waals surface area contributed by atoms with Crippen molar-refractivity contribution >= 4 is 5.91 Å². The maximum absolute atomic E-state index is 12.5. The van der Waals surface area contributed by atoms with Crippen LogP contribution in [0.2, 0.25) is 0 Å². The second kappa shape index (κ2) is 10.8. The maximum atomic E-state index is 12.5. The third-order valence-electron chi connectivity index (χ3n) is 6.39. The Morgan fingerprint density at radius 3 is 2.75 bits per heavy atom. The topological polar surface area (TPSA) is 41.6 Å². The minimum atomic E-state index is 0.111. The highest BCUT2D eigenvalue weighted by Gasteiger charge is 2.21. The molecule has 156 valence electrons. The van der Waals surface area contributed by atoms with Crippen molar-refractivity contribution in [3.8, 4) is 5.75 Å². The zero-order valence-electron chi connectivity index (χ0n) is 17.8. The minimum absolute atomic E-state index is 0.111. The Kier molecular flexibility index (Phi) is 8.20. The van der Waals surface area contributed by atoms with Crippen LogP contribution in [0.3, 0.4) is 0 Å². The van der Waals surface area contributed by atoms with E-state index < -0.39 is 0 Å². The number of hydrogen-bond donors (Lipinski definition) is 1. The first-order chi connectivity index (χ1) is 13.6. The zero-order valence-corrected chi connectivity index (χ0v) is 17.8. The number of carbonyl (C=O) groups is 1. The molecule has 1 N–H and O–H groups in total. The lowest BCUT2D eigenvalue weighted by Gasteiger charge is -2.31.